The predicted molar refractivity (Wildman–Crippen MR) is 416 cm³/mol. The Bertz CT molecular complexity index is 2980. The number of ether oxygens (including phenoxy) is 7. The second-order valence-corrected chi connectivity index (χ2v) is 26.5. The molecule has 0 aromatic heterocycles. The number of carbonyl (C=O) groups excluding carboxylic acids is 15. The summed E-state index contributed by atoms with van der Waals surface area (Å²) in [5.74, 6) is 3.50. The van der Waals surface area contributed by atoms with Crippen molar-refractivity contribution in [2.24, 2.45) is 11.8 Å². The third-order valence-electron chi connectivity index (χ3n) is 16.7. The smallest absolute Gasteiger partial charge is 0.246 e. The molecule has 0 spiro atoms. The number of rotatable bonds is 76. The molecule has 112 heavy (non-hydrogen) atoms. The Balaban J connectivity index is 5.66. The van der Waals surface area contributed by atoms with Crippen molar-refractivity contribution in [3.63, 3.8) is 0 Å². The van der Waals surface area contributed by atoms with Gasteiger partial charge in [-0.2, -0.15) is 0 Å². The minimum absolute atomic E-state index is 0.00429. The van der Waals surface area contributed by atoms with E-state index in [0.29, 0.717) is 96.4 Å². The molecule has 0 aliphatic carbocycles. The molecule has 0 radical (unpaired) electrons. The number of terminal acetylenes is 4. The Kier molecular flexibility index (Phi) is 66.5. The molecule has 628 valence electrons. The van der Waals surface area contributed by atoms with Crippen molar-refractivity contribution >= 4 is 88.0 Å². The summed E-state index contributed by atoms with van der Waals surface area (Å²) in [4.78, 5) is 189. The summed E-state index contributed by atoms with van der Waals surface area (Å²) >= 11 is 0. The molecule has 0 bridgehead atoms. The van der Waals surface area contributed by atoms with Gasteiger partial charge in [0.2, 0.25) is 59.1 Å². The lowest BCUT2D eigenvalue weighted by molar-refractivity contribution is -0.132. The van der Waals surface area contributed by atoms with E-state index >= 15 is 0 Å². The van der Waals surface area contributed by atoms with Gasteiger partial charge in [0, 0.05) is 180 Å². The molecule has 32 nitrogen and oxygen atoms in total. The Morgan fingerprint density at radius 2 is 0.634 bits per heavy atom. The molecule has 0 heterocycles. The molecule has 4 atom stereocenters. The zero-order valence-electron chi connectivity index (χ0n) is 66.2. The van der Waals surface area contributed by atoms with Gasteiger partial charge in [-0.05, 0) is 89.9 Å². The minimum atomic E-state index is -0.974. The van der Waals surface area contributed by atoms with Crippen molar-refractivity contribution in [3.05, 3.63) is 0 Å². The van der Waals surface area contributed by atoms with Crippen molar-refractivity contribution in [1.82, 2.24) is 53.2 Å². The van der Waals surface area contributed by atoms with E-state index in [2.05, 4.69) is 76.8 Å². The van der Waals surface area contributed by atoms with Gasteiger partial charge in [0.25, 0.3) is 0 Å². The number of carbonyl (C=O) groups is 15. The van der Waals surface area contributed by atoms with Crippen LogP contribution in [0.25, 0.3) is 0 Å². The first-order chi connectivity index (χ1) is 54.1. The summed E-state index contributed by atoms with van der Waals surface area (Å²) in [6, 6.07) is -1.06. The van der Waals surface area contributed by atoms with Crippen LogP contribution >= 0.6 is 0 Å². The van der Waals surface area contributed by atoms with E-state index in [0.717, 1.165) is 19.3 Å². The minimum Gasteiger partial charge on any atom is -0.374 e. The molecule has 0 aliphatic rings. The lowest BCUT2D eigenvalue weighted by Gasteiger charge is -2.19. The van der Waals surface area contributed by atoms with Gasteiger partial charge in [-0.1, -0.05) is 19.8 Å². The molecule has 10 amide bonds. The lowest BCUT2D eigenvalue weighted by atomic mass is 9.95. The van der Waals surface area contributed by atoms with Gasteiger partial charge < -0.3 is 86.3 Å². The fourth-order valence-corrected chi connectivity index (χ4v) is 10.6. The number of nitrogens with one attached hydrogen (secondary N) is 10. The maximum atomic E-state index is 13.7. The predicted octanol–water partition coefficient (Wildman–Crippen LogP) is 1.97. The number of amides is 10. The molecule has 0 unspecified atom stereocenters. The van der Waals surface area contributed by atoms with Crippen LogP contribution in [0.2, 0.25) is 0 Å². The Morgan fingerprint density at radius 3 is 1.04 bits per heavy atom. The van der Waals surface area contributed by atoms with Gasteiger partial charge in [-0.15, -0.1) is 49.4 Å². The Morgan fingerprint density at radius 1 is 0.304 bits per heavy atom. The van der Waals surface area contributed by atoms with Gasteiger partial charge in [0.15, 0.2) is 17.3 Å². The summed E-state index contributed by atoms with van der Waals surface area (Å²) in [6.07, 6.45) is 30.6. The first-order valence-electron chi connectivity index (χ1n) is 39.2. The summed E-state index contributed by atoms with van der Waals surface area (Å²) in [6.45, 7) is 3.44. The first-order valence-corrected chi connectivity index (χ1v) is 39.2. The van der Waals surface area contributed by atoms with Crippen LogP contribution in [0, 0.1) is 61.2 Å². The molecule has 0 rings (SSSR count). The maximum Gasteiger partial charge on any atom is 0.246 e. The van der Waals surface area contributed by atoms with Crippen LogP contribution in [-0.4, -0.2) is 245 Å². The number of ketones is 5. The second-order valence-electron chi connectivity index (χ2n) is 26.5. The second kappa shape index (κ2) is 72.3. The van der Waals surface area contributed by atoms with Gasteiger partial charge >= 0.3 is 0 Å². The highest BCUT2D eigenvalue weighted by Crippen LogP contribution is 2.17. The lowest BCUT2D eigenvalue weighted by Crippen LogP contribution is -2.43. The normalized spacial score (nSPS) is 11.8. The third kappa shape index (κ3) is 64.6. The highest BCUT2D eigenvalue weighted by atomic mass is 16.5. The van der Waals surface area contributed by atoms with Crippen molar-refractivity contribution in [3.8, 4) is 49.4 Å². The molecule has 0 aromatic carbocycles. The van der Waals surface area contributed by atoms with Crippen LogP contribution in [0.15, 0.2) is 0 Å². The van der Waals surface area contributed by atoms with E-state index in [9.17, 15) is 71.9 Å². The van der Waals surface area contributed by atoms with Crippen molar-refractivity contribution in [2.75, 3.05) is 145 Å². The quantitative estimate of drug-likeness (QED) is 0.0307. The topological polar surface area (TPSA) is 441 Å². The molecule has 0 fully saturated rings. The fourth-order valence-electron chi connectivity index (χ4n) is 10.6. The molecule has 0 saturated heterocycles. The molecule has 32 heteroatoms. The van der Waals surface area contributed by atoms with Gasteiger partial charge in [0.05, 0.1) is 32.5 Å². The third-order valence-corrected chi connectivity index (χ3v) is 16.7. The van der Waals surface area contributed by atoms with E-state index in [1.54, 1.807) is 0 Å². The number of Topliss-reactive ketones (excluding diaryl/α,β-unsaturated/α-hetero) is 5. The van der Waals surface area contributed by atoms with Gasteiger partial charge in [0.1, 0.15) is 57.8 Å². The SMILES string of the molecule is C#CCCC(=O)CCCOCC(=O)C[C@@H](CCCCNC(=O)COCCNC(=O)CCC#C)C(=O)NCCOCC(=O)NCCCC[C@H](NC(=O)COCCNC(=O)[C@H](CCCCNC(=O)COCCNC(=O)CCC#C)CC(=O)COCCCC(=O)CCC#C)C(=O)CCCOCC(=O)N[C@H](CC)CCCCNC(C)=O. The van der Waals surface area contributed by atoms with Crippen LogP contribution in [0.1, 0.15) is 200 Å². The first kappa shape index (κ1) is 103. The van der Waals surface area contributed by atoms with E-state index in [-0.39, 0.29) is 279 Å². The van der Waals surface area contributed by atoms with Crippen molar-refractivity contribution in [2.45, 2.75) is 212 Å². The number of hydrogen-bond donors (Lipinski definition) is 10. The molecule has 0 aromatic rings. The van der Waals surface area contributed by atoms with Gasteiger partial charge in [-0.25, -0.2) is 0 Å². The monoisotopic (exact) mass is 1580 g/mol. The molecular weight excluding hydrogens is 1450 g/mol. The molecule has 0 saturated carbocycles. The average Bonchev–Trinajstić information content (AvgIpc) is 0.928. The highest BCUT2D eigenvalue weighted by molar-refractivity contribution is 5.90. The van der Waals surface area contributed by atoms with Crippen LogP contribution < -0.4 is 53.2 Å². The standard InChI is InChI=1S/C80H126N10O22/c1-7-12-30-66(92)32-24-46-106-55-68(94)53-63(27-16-20-39-82-74(99)57-109-49-42-85-72(97)36-14-9-3)79(104)87-44-51-111-59-76(101)84-41-23-19-34-70(71(96)35-26-48-108-60-77(102)89-65(11-5)29-18-22-38-81-62(6)91)90-78(103)61-112-52-45-88-80(105)64(54-69(95)56-107-47-25-33-67(93)31-13-8-2)28-17-21-40-83-75(100)58-110-50-43-86-73(98)37-15-10-4/h1-4,63-65,70H,11-61H2,5-6H3,(H,81,91)(H,82,99)(H,83,100)(H,84,101)(H,85,97)(H,86,98)(H,87,104)(H,88,105)(H,89,102)(H,90,103)/t63-,64-,65-,70+/m1/s1. The van der Waals surface area contributed by atoms with Crippen LogP contribution in [0.4, 0.5) is 0 Å². The van der Waals surface area contributed by atoms with Crippen LogP contribution in [0.3, 0.4) is 0 Å². The highest BCUT2D eigenvalue weighted by Gasteiger charge is 2.25. The summed E-state index contributed by atoms with van der Waals surface area (Å²) in [7, 11) is 0. The number of hydrogen-bond acceptors (Lipinski definition) is 22. The summed E-state index contributed by atoms with van der Waals surface area (Å²) in [5.41, 5.74) is 0. The number of unbranched alkanes of at least 4 members (excludes halogenated alkanes) is 4. The maximum absolute atomic E-state index is 13.7. The molecule has 0 aliphatic heterocycles. The zero-order valence-corrected chi connectivity index (χ0v) is 66.2. The zero-order chi connectivity index (χ0) is 82.9. The summed E-state index contributed by atoms with van der Waals surface area (Å²) < 4.78 is 38.4. The molecule has 10 N–H and O–H groups in total. The molecular formula is C80H126N10O22. The summed E-state index contributed by atoms with van der Waals surface area (Å²) in [5, 5.41) is 27.5. The van der Waals surface area contributed by atoms with E-state index in [1.165, 1.54) is 6.92 Å². The van der Waals surface area contributed by atoms with Crippen molar-refractivity contribution in [1.29, 1.82) is 0 Å². The fraction of sp³-hybridized carbons (Fsp3) is 0.713. The largest absolute Gasteiger partial charge is 0.374 e. The van der Waals surface area contributed by atoms with E-state index in [1.807, 2.05) is 6.92 Å². The Labute approximate surface area is 661 Å². The van der Waals surface area contributed by atoms with Crippen LogP contribution in [0.5, 0.6) is 0 Å². The van der Waals surface area contributed by atoms with E-state index in [4.69, 9.17) is 58.9 Å². The average molecular weight is 1580 g/mol. The van der Waals surface area contributed by atoms with Gasteiger partial charge in [-0.3, -0.25) is 71.9 Å². The Hall–Kier alpha value is -8.99. The van der Waals surface area contributed by atoms with Crippen LogP contribution in [-0.2, 0) is 105 Å². The van der Waals surface area contributed by atoms with Crippen molar-refractivity contribution < 1.29 is 105 Å². The van der Waals surface area contributed by atoms with E-state index < -0.39 is 48.1 Å².